The number of hydrogen-bond donors (Lipinski definition) is 1. The first-order valence-electron chi connectivity index (χ1n) is 6.25. The monoisotopic (exact) mass is 313 g/mol. The largest absolute Gasteiger partial charge is 0.450 e. The number of piperazine rings is 1. The third kappa shape index (κ3) is 4.78. The van der Waals surface area contributed by atoms with E-state index in [2.05, 4.69) is 12.2 Å². The Labute approximate surface area is 120 Å². The van der Waals surface area contributed by atoms with Crippen LogP contribution in [0.4, 0.5) is 18.0 Å². The SMILES string of the molecule is CCOC(=O)N1CCN(CC(C(N)=S)C(F)(F)F)CC1. The summed E-state index contributed by atoms with van der Waals surface area (Å²) < 4.78 is 43.1. The van der Waals surface area contributed by atoms with Crippen LogP contribution in [0.15, 0.2) is 0 Å². The Balaban J connectivity index is 2.49. The van der Waals surface area contributed by atoms with Crippen molar-refractivity contribution in [2.24, 2.45) is 11.7 Å². The van der Waals surface area contributed by atoms with Crippen molar-refractivity contribution in [3.8, 4) is 0 Å². The van der Waals surface area contributed by atoms with Gasteiger partial charge >= 0.3 is 12.3 Å². The van der Waals surface area contributed by atoms with E-state index < -0.39 is 23.2 Å². The van der Waals surface area contributed by atoms with Gasteiger partial charge in [0.25, 0.3) is 0 Å². The van der Waals surface area contributed by atoms with Crippen molar-refractivity contribution in [1.82, 2.24) is 9.80 Å². The maximum absolute atomic E-state index is 12.8. The summed E-state index contributed by atoms with van der Waals surface area (Å²) in [4.78, 5) is 14.0. The van der Waals surface area contributed by atoms with Gasteiger partial charge < -0.3 is 15.4 Å². The Bertz CT molecular complexity index is 357. The van der Waals surface area contributed by atoms with E-state index >= 15 is 0 Å². The second kappa shape index (κ2) is 7.07. The maximum Gasteiger partial charge on any atom is 0.409 e. The molecule has 0 saturated carbocycles. The van der Waals surface area contributed by atoms with E-state index in [1.165, 1.54) is 4.90 Å². The average molecular weight is 313 g/mol. The van der Waals surface area contributed by atoms with Crippen LogP contribution >= 0.6 is 12.2 Å². The average Bonchev–Trinajstić information content (AvgIpc) is 2.35. The van der Waals surface area contributed by atoms with Gasteiger partial charge in [0.1, 0.15) is 5.92 Å². The molecule has 1 aliphatic heterocycles. The fourth-order valence-corrected chi connectivity index (χ4v) is 2.15. The predicted octanol–water partition coefficient (Wildman–Crippen LogP) is 1.23. The lowest BCUT2D eigenvalue weighted by Gasteiger charge is -2.36. The van der Waals surface area contributed by atoms with Crippen molar-refractivity contribution in [3.05, 3.63) is 0 Å². The molecule has 1 amide bonds. The van der Waals surface area contributed by atoms with Gasteiger partial charge in [-0.1, -0.05) is 12.2 Å². The summed E-state index contributed by atoms with van der Waals surface area (Å²) in [7, 11) is 0. The third-order valence-electron chi connectivity index (χ3n) is 3.08. The van der Waals surface area contributed by atoms with Crippen molar-refractivity contribution in [3.63, 3.8) is 0 Å². The molecule has 1 fully saturated rings. The third-order valence-corrected chi connectivity index (χ3v) is 3.36. The molecule has 1 atom stereocenters. The summed E-state index contributed by atoms with van der Waals surface area (Å²) in [6, 6.07) is 0. The summed E-state index contributed by atoms with van der Waals surface area (Å²) in [5.74, 6) is -1.81. The van der Waals surface area contributed by atoms with Gasteiger partial charge in [-0.25, -0.2) is 4.79 Å². The van der Waals surface area contributed by atoms with Gasteiger partial charge in [0.2, 0.25) is 0 Å². The van der Waals surface area contributed by atoms with Crippen LogP contribution < -0.4 is 5.73 Å². The molecule has 0 aromatic carbocycles. The summed E-state index contributed by atoms with van der Waals surface area (Å²) in [5.41, 5.74) is 5.16. The van der Waals surface area contributed by atoms with Crippen LogP contribution in [0.5, 0.6) is 0 Å². The summed E-state index contributed by atoms with van der Waals surface area (Å²) in [5, 5.41) is 0. The molecule has 1 unspecified atom stereocenters. The van der Waals surface area contributed by atoms with Gasteiger partial charge in [0.15, 0.2) is 0 Å². The molecular weight excluding hydrogens is 295 g/mol. The highest BCUT2D eigenvalue weighted by Crippen LogP contribution is 2.27. The summed E-state index contributed by atoms with van der Waals surface area (Å²) in [6.07, 6.45) is -4.88. The lowest BCUT2D eigenvalue weighted by molar-refractivity contribution is -0.160. The molecule has 0 spiro atoms. The summed E-state index contributed by atoms with van der Waals surface area (Å²) in [6.45, 7) is 3.06. The quantitative estimate of drug-likeness (QED) is 0.791. The number of ether oxygens (including phenoxy) is 1. The number of carbonyl (C=O) groups is 1. The van der Waals surface area contributed by atoms with Crippen LogP contribution in [-0.2, 0) is 4.74 Å². The number of hydrogen-bond acceptors (Lipinski definition) is 4. The zero-order chi connectivity index (χ0) is 15.3. The lowest BCUT2D eigenvalue weighted by Crippen LogP contribution is -2.52. The number of carbonyl (C=O) groups excluding carboxylic acids is 1. The highest BCUT2D eigenvalue weighted by molar-refractivity contribution is 7.80. The fraction of sp³-hybridized carbons (Fsp3) is 0.818. The zero-order valence-corrected chi connectivity index (χ0v) is 12.0. The molecule has 0 aromatic rings. The Morgan fingerprint density at radius 1 is 1.35 bits per heavy atom. The van der Waals surface area contributed by atoms with E-state index in [0.29, 0.717) is 26.2 Å². The van der Waals surface area contributed by atoms with Crippen molar-refractivity contribution >= 4 is 23.3 Å². The van der Waals surface area contributed by atoms with Crippen molar-refractivity contribution in [2.75, 3.05) is 39.3 Å². The van der Waals surface area contributed by atoms with Gasteiger partial charge in [0.05, 0.1) is 11.6 Å². The van der Waals surface area contributed by atoms with Crippen molar-refractivity contribution < 1.29 is 22.7 Å². The Hall–Kier alpha value is -1.09. The Morgan fingerprint density at radius 3 is 2.30 bits per heavy atom. The van der Waals surface area contributed by atoms with Crippen LogP contribution in [-0.4, -0.2) is 66.4 Å². The first kappa shape index (κ1) is 17.0. The lowest BCUT2D eigenvalue weighted by atomic mass is 10.1. The van der Waals surface area contributed by atoms with Gasteiger partial charge in [0, 0.05) is 32.7 Å². The fourth-order valence-electron chi connectivity index (χ4n) is 1.94. The standard InChI is InChI=1S/C11H18F3N3O2S/c1-2-19-10(18)17-5-3-16(4-6-17)7-8(9(15)20)11(12,13)14/h8H,2-7H2,1H3,(H2,15,20). The van der Waals surface area contributed by atoms with Crippen LogP contribution in [0.2, 0.25) is 0 Å². The minimum atomic E-state index is -4.44. The molecule has 116 valence electrons. The number of nitrogens with two attached hydrogens (primary N) is 1. The van der Waals surface area contributed by atoms with E-state index in [0.717, 1.165) is 0 Å². The molecule has 0 bridgehead atoms. The number of halogens is 3. The molecule has 1 rings (SSSR count). The molecule has 0 radical (unpaired) electrons. The van der Waals surface area contributed by atoms with Gasteiger partial charge in [-0.3, -0.25) is 4.90 Å². The first-order chi connectivity index (χ1) is 9.25. The van der Waals surface area contributed by atoms with Crippen molar-refractivity contribution in [1.29, 1.82) is 0 Å². The molecular formula is C11H18F3N3O2S. The number of nitrogens with zero attached hydrogens (tertiary/aromatic N) is 2. The van der Waals surface area contributed by atoms with E-state index in [4.69, 9.17) is 10.5 Å². The van der Waals surface area contributed by atoms with Crippen LogP contribution in [0.3, 0.4) is 0 Å². The maximum atomic E-state index is 12.8. The molecule has 1 saturated heterocycles. The second-order valence-electron chi connectivity index (χ2n) is 4.48. The van der Waals surface area contributed by atoms with E-state index in [1.54, 1.807) is 11.8 Å². The predicted molar refractivity (Wildman–Crippen MR) is 71.4 cm³/mol. The molecule has 2 N–H and O–H groups in total. The minimum absolute atomic E-state index is 0.268. The molecule has 5 nitrogen and oxygen atoms in total. The first-order valence-corrected chi connectivity index (χ1v) is 6.66. The van der Waals surface area contributed by atoms with Gasteiger partial charge in [-0.15, -0.1) is 0 Å². The van der Waals surface area contributed by atoms with Gasteiger partial charge in [-0.05, 0) is 6.92 Å². The Morgan fingerprint density at radius 2 is 1.90 bits per heavy atom. The Kier molecular flexibility index (Phi) is 6.00. The summed E-state index contributed by atoms with van der Waals surface area (Å²) >= 11 is 4.48. The zero-order valence-electron chi connectivity index (χ0n) is 11.2. The van der Waals surface area contributed by atoms with Crippen LogP contribution in [0.1, 0.15) is 6.92 Å². The highest BCUT2D eigenvalue weighted by Gasteiger charge is 2.43. The molecule has 1 aliphatic rings. The molecule has 20 heavy (non-hydrogen) atoms. The number of rotatable bonds is 4. The number of amides is 1. The van der Waals surface area contributed by atoms with Gasteiger partial charge in [-0.2, -0.15) is 13.2 Å². The minimum Gasteiger partial charge on any atom is -0.450 e. The topological polar surface area (TPSA) is 58.8 Å². The molecule has 1 heterocycles. The van der Waals surface area contributed by atoms with E-state index in [-0.39, 0.29) is 13.2 Å². The van der Waals surface area contributed by atoms with E-state index in [1.807, 2.05) is 0 Å². The van der Waals surface area contributed by atoms with Crippen molar-refractivity contribution in [2.45, 2.75) is 13.1 Å². The number of thiocarbonyl (C=S) groups is 1. The molecule has 0 aliphatic carbocycles. The smallest absolute Gasteiger partial charge is 0.409 e. The number of alkyl halides is 3. The van der Waals surface area contributed by atoms with E-state index in [9.17, 15) is 18.0 Å². The highest BCUT2D eigenvalue weighted by atomic mass is 32.1. The molecule has 0 aromatic heterocycles. The normalized spacial score (nSPS) is 18.7. The van der Waals surface area contributed by atoms with Crippen LogP contribution in [0, 0.1) is 5.92 Å². The van der Waals surface area contributed by atoms with Crippen LogP contribution in [0.25, 0.3) is 0 Å². The molecule has 9 heteroatoms. The second-order valence-corrected chi connectivity index (χ2v) is 4.95.